The SMILES string of the molecule is O=C(Cc1cccc(F)c1)N1CCC(CCl)CC1. The Hall–Kier alpha value is -1.09. The van der Waals surface area contributed by atoms with E-state index in [1.54, 1.807) is 12.1 Å². The van der Waals surface area contributed by atoms with Crippen molar-refractivity contribution in [3.8, 4) is 0 Å². The molecule has 18 heavy (non-hydrogen) atoms. The highest BCUT2D eigenvalue weighted by molar-refractivity contribution is 6.18. The van der Waals surface area contributed by atoms with Crippen molar-refractivity contribution in [2.45, 2.75) is 19.3 Å². The summed E-state index contributed by atoms with van der Waals surface area (Å²) in [5, 5.41) is 0. The lowest BCUT2D eigenvalue weighted by atomic mass is 9.98. The van der Waals surface area contributed by atoms with Gasteiger partial charge in [-0.15, -0.1) is 11.6 Å². The van der Waals surface area contributed by atoms with Crippen molar-refractivity contribution in [3.05, 3.63) is 35.6 Å². The number of hydrogen-bond acceptors (Lipinski definition) is 1. The molecule has 1 saturated heterocycles. The summed E-state index contributed by atoms with van der Waals surface area (Å²) in [6.07, 6.45) is 2.22. The predicted octanol–water partition coefficient (Wildman–Crippen LogP) is 2.85. The number of amides is 1. The highest BCUT2D eigenvalue weighted by Crippen LogP contribution is 2.19. The lowest BCUT2D eigenvalue weighted by Crippen LogP contribution is -2.39. The van der Waals surface area contributed by atoms with Gasteiger partial charge in [0, 0.05) is 19.0 Å². The molecule has 1 aliphatic rings. The zero-order valence-corrected chi connectivity index (χ0v) is 11.0. The van der Waals surface area contributed by atoms with Crippen LogP contribution >= 0.6 is 11.6 Å². The molecule has 1 fully saturated rings. The average Bonchev–Trinajstić information content (AvgIpc) is 2.39. The van der Waals surface area contributed by atoms with Crippen molar-refractivity contribution in [1.82, 2.24) is 4.90 Å². The van der Waals surface area contributed by atoms with Gasteiger partial charge >= 0.3 is 0 Å². The molecule has 0 atom stereocenters. The van der Waals surface area contributed by atoms with Crippen molar-refractivity contribution in [2.75, 3.05) is 19.0 Å². The Bertz CT molecular complexity index is 416. The van der Waals surface area contributed by atoms with E-state index in [1.807, 2.05) is 4.90 Å². The molecule has 0 unspecified atom stereocenters. The van der Waals surface area contributed by atoms with E-state index in [2.05, 4.69) is 0 Å². The van der Waals surface area contributed by atoms with Crippen LogP contribution < -0.4 is 0 Å². The number of rotatable bonds is 3. The summed E-state index contributed by atoms with van der Waals surface area (Å²) in [6, 6.07) is 6.23. The second-order valence-corrected chi connectivity index (χ2v) is 5.09. The Balaban J connectivity index is 1.89. The van der Waals surface area contributed by atoms with Gasteiger partial charge in [-0.2, -0.15) is 0 Å². The summed E-state index contributed by atoms with van der Waals surface area (Å²) in [6.45, 7) is 1.54. The van der Waals surface area contributed by atoms with Crippen LogP contribution in [0, 0.1) is 11.7 Å². The van der Waals surface area contributed by atoms with Crippen molar-refractivity contribution in [1.29, 1.82) is 0 Å². The fraction of sp³-hybridized carbons (Fsp3) is 0.500. The molecule has 1 heterocycles. The second kappa shape index (κ2) is 6.19. The minimum Gasteiger partial charge on any atom is -0.342 e. The first-order valence-electron chi connectivity index (χ1n) is 6.27. The minimum atomic E-state index is -0.291. The highest BCUT2D eigenvalue weighted by Gasteiger charge is 2.22. The lowest BCUT2D eigenvalue weighted by Gasteiger charge is -2.31. The van der Waals surface area contributed by atoms with Crippen LogP contribution in [0.3, 0.4) is 0 Å². The largest absolute Gasteiger partial charge is 0.342 e. The molecule has 1 aliphatic heterocycles. The molecule has 2 rings (SSSR count). The van der Waals surface area contributed by atoms with E-state index in [0.717, 1.165) is 31.5 Å². The first-order chi connectivity index (χ1) is 8.69. The van der Waals surface area contributed by atoms with E-state index in [9.17, 15) is 9.18 Å². The Morgan fingerprint density at radius 3 is 2.72 bits per heavy atom. The quantitative estimate of drug-likeness (QED) is 0.773. The van der Waals surface area contributed by atoms with Crippen LogP contribution in [0.25, 0.3) is 0 Å². The molecular formula is C14H17ClFNO. The third kappa shape index (κ3) is 3.45. The number of alkyl halides is 1. The third-order valence-electron chi connectivity index (χ3n) is 3.43. The van der Waals surface area contributed by atoms with Gasteiger partial charge < -0.3 is 4.90 Å². The van der Waals surface area contributed by atoms with Gasteiger partial charge in [0.2, 0.25) is 5.91 Å². The summed E-state index contributed by atoms with van der Waals surface area (Å²) in [5.41, 5.74) is 0.736. The number of carbonyl (C=O) groups is 1. The predicted molar refractivity (Wildman–Crippen MR) is 70.1 cm³/mol. The summed E-state index contributed by atoms with van der Waals surface area (Å²) in [7, 11) is 0. The normalized spacial score (nSPS) is 16.9. The van der Waals surface area contributed by atoms with Crippen LogP contribution in [0.4, 0.5) is 4.39 Å². The van der Waals surface area contributed by atoms with E-state index < -0.39 is 0 Å². The minimum absolute atomic E-state index is 0.0774. The smallest absolute Gasteiger partial charge is 0.226 e. The molecule has 0 aromatic heterocycles. The molecule has 0 radical (unpaired) electrons. The first-order valence-corrected chi connectivity index (χ1v) is 6.80. The van der Waals surface area contributed by atoms with Crippen molar-refractivity contribution >= 4 is 17.5 Å². The lowest BCUT2D eigenvalue weighted by molar-refractivity contribution is -0.131. The average molecular weight is 270 g/mol. The molecule has 1 amide bonds. The van der Waals surface area contributed by atoms with Gasteiger partial charge in [-0.1, -0.05) is 12.1 Å². The third-order valence-corrected chi connectivity index (χ3v) is 3.87. The fourth-order valence-electron chi connectivity index (χ4n) is 2.27. The summed E-state index contributed by atoms with van der Waals surface area (Å²) in [5.74, 6) is 0.992. The van der Waals surface area contributed by atoms with Crippen molar-refractivity contribution in [2.24, 2.45) is 5.92 Å². The van der Waals surface area contributed by atoms with Crippen LogP contribution in [0.5, 0.6) is 0 Å². The molecule has 0 N–H and O–H groups in total. The van der Waals surface area contributed by atoms with Crippen molar-refractivity contribution in [3.63, 3.8) is 0 Å². The molecule has 1 aromatic rings. The van der Waals surface area contributed by atoms with Crippen LogP contribution in [0.2, 0.25) is 0 Å². The molecular weight excluding hydrogens is 253 g/mol. The molecule has 0 spiro atoms. The van der Waals surface area contributed by atoms with Gasteiger partial charge in [0.1, 0.15) is 5.82 Å². The van der Waals surface area contributed by atoms with Crippen LogP contribution in [0.1, 0.15) is 18.4 Å². The molecule has 2 nitrogen and oxygen atoms in total. The maximum absolute atomic E-state index is 13.0. The molecule has 1 aromatic carbocycles. The van der Waals surface area contributed by atoms with Crippen LogP contribution in [-0.2, 0) is 11.2 Å². The Labute approximate surface area is 112 Å². The standard InChI is InChI=1S/C14H17ClFNO/c15-10-11-4-6-17(7-5-11)14(18)9-12-2-1-3-13(16)8-12/h1-3,8,11H,4-7,9-10H2. The number of carbonyl (C=O) groups excluding carboxylic acids is 1. The van der Waals surface area contributed by atoms with Gasteiger partial charge in [-0.05, 0) is 36.5 Å². The van der Waals surface area contributed by atoms with E-state index in [0.29, 0.717) is 11.8 Å². The number of halogens is 2. The van der Waals surface area contributed by atoms with Crippen molar-refractivity contribution < 1.29 is 9.18 Å². The van der Waals surface area contributed by atoms with Crippen LogP contribution in [0.15, 0.2) is 24.3 Å². The Morgan fingerprint density at radius 2 is 2.11 bits per heavy atom. The van der Waals surface area contributed by atoms with Gasteiger partial charge in [0.15, 0.2) is 0 Å². The maximum atomic E-state index is 13.0. The molecule has 0 bridgehead atoms. The van der Waals surface area contributed by atoms with Crippen LogP contribution in [-0.4, -0.2) is 29.8 Å². The zero-order chi connectivity index (χ0) is 13.0. The van der Waals surface area contributed by atoms with Gasteiger partial charge in [-0.25, -0.2) is 4.39 Å². The maximum Gasteiger partial charge on any atom is 0.226 e. The summed E-state index contributed by atoms with van der Waals surface area (Å²) in [4.78, 5) is 13.9. The topological polar surface area (TPSA) is 20.3 Å². The Morgan fingerprint density at radius 1 is 1.39 bits per heavy atom. The number of piperidine rings is 1. The fourth-order valence-corrected chi connectivity index (χ4v) is 2.58. The molecule has 4 heteroatoms. The van der Waals surface area contributed by atoms with Gasteiger partial charge in [0.25, 0.3) is 0 Å². The highest BCUT2D eigenvalue weighted by atomic mass is 35.5. The zero-order valence-electron chi connectivity index (χ0n) is 10.2. The van der Waals surface area contributed by atoms with E-state index in [-0.39, 0.29) is 18.1 Å². The van der Waals surface area contributed by atoms with E-state index in [1.165, 1.54) is 12.1 Å². The monoisotopic (exact) mass is 269 g/mol. The molecule has 0 aliphatic carbocycles. The number of nitrogens with zero attached hydrogens (tertiary/aromatic N) is 1. The van der Waals surface area contributed by atoms with Gasteiger partial charge in [0.05, 0.1) is 6.42 Å². The summed E-state index contributed by atoms with van der Waals surface area (Å²) < 4.78 is 13.0. The first kappa shape index (κ1) is 13.3. The Kier molecular flexibility index (Phi) is 4.59. The summed E-state index contributed by atoms with van der Waals surface area (Å²) >= 11 is 5.81. The number of hydrogen-bond donors (Lipinski definition) is 0. The molecule has 98 valence electrons. The second-order valence-electron chi connectivity index (χ2n) is 4.79. The number of benzene rings is 1. The number of likely N-dealkylation sites (tertiary alicyclic amines) is 1. The van der Waals surface area contributed by atoms with E-state index in [4.69, 9.17) is 11.6 Å². The molecule has 0 saturated carbocycles. The van der Waals surface area contributed by atoms with E-state index >= 15 is 0 Å². The van der Waals surface area contributed by atoms with Gasteiger partial charge in [-0.3, -0.25) is 4.79 Å².